The number of rotatable bonds is 8. The van der Waals surface area contributed by atoms with E-state index < -0.39 is 0 Å². The van der Waals surface area contributed by atoms with Crippen molar-refractivity contribution in [2.24, 2.45) is 0 Å². The number of halogens is 1. The molecule has 2 N–H and O–H groups in total. The Labute approximate surface area is 97.1 Å². The van der Waals surface area contributed by atoms with Gasteiger partial charge in [-0.2, -0.15) is 5.06 Å². The molecule has 0 aliphatic heterocycles. The van der Waals surface area contributed by atoms with Crippen molar-refractivity contribution in [3.63, 3.8) is 0 Å². The average Bonchev–Trinajstić information content (AvgIpc) is 2.15. The van der Waals surface area contributed by atoms with Gasteiger partial charge in [-0.15, -0.1) is 0 Å². The standard InChI is InChI=1S/C8H16INO4/c9-3-1-2-8(12)14-7-5-10(13)4-6-11/h11,13H,1-7H2. The van der Waals surface area contributed by atoms with E-state index in [0.29, 0.717) is 6.42 Å². The van der Waals surface area contributed by atoms with Crippen LogP contribution in [0.2, 0.25) is 0 Å². The van der Waals surface area contributed by atoms with E-state index in [4.69, 9.17) is 15.1 Å². The molecule has 0 amide bonds. The third-order valence-electron chi connectivity index (χ3n) is 1.49. The van der Waals surface area contributed by atoms with Crippen LogP contribution >= 0.6 is 22.6 Å². The molecule has 0 saturated carbocycles. The second kappa shape index (κ2) is 9.63. The number of hydrogen-bond donors (Lipinski definition) is 2. The fourth-order valence-electron chi connectivity index (χ4n) is 0.775. The maximum Gasteiger partial charge on any atom is 0.305 e. The highest BCUT2D eigenvalue weighted by atomic mass is 127. The lowest BCUT2D eigenvalue weighted by Crippen LogP contribution is -2.27. The number of alkyl halides is 1. The summed E-state index contributed by atoms with van der Waals surface area (Å²) in [5.41, 5.74) is 0. The second-order valence-electron chi connectivity index (χ2n) is 2.69. The molecule has 0 bridgehead atoms. The Hall–Kier alpha value is 0.0800. The molecular formula is C8H16INO4. The van der Waals surface area contributed by atoms with E-state index >= 15 is 0 Å². The van der Waals surface area contributed by atoms with Gasteiger partial charge in [-0.1, -0.05) is 22.6 Å². The van der Waals surface area contributed by atoms with Crippen LogP contribution in [0.3, 0.4) is 0 Å². The van der Waals surface area contributed by atoms with Crippen LogP contribution in [-0.2, 0) is 9.53 Å². The molecule has 6 heteroatoms. The van der Waals surface area contributed by atoms with Crippen molar-refractivity contribution in [2.75, 3.05) is 30.7 Å². The summed E-state index contributed by atoms with van der Waals surface area (Å²) in [5.74, 6) is -0.237. The van der Waals surface area contributed by atoms with Gasteiger partial charge in [-0.05, 0) is 6.42 Å². The van der Waals surface area contributed by atoms with Crippen LogP contribution in [0, 0.1) is 0 Å². The normalized spacial score (nSPS) is 10.6. The fraction of sp³-hybridized carbons (Fsp3) is 0.875. The molecule has 0 radical (unpaired) electrons. The minimum atomic E-state index is -0.237. The highest BCUT2D eigenvalue weighted by molar-refractivity contribution is 14.1. The fourth-order valence-corrected chi connectivity index (χ4v) is 1.16. The van der Waals surface area contributed by atoms with Gasteiger partial charge in [-0.25, -0.2) is 0 Å². The Balaban J connectivity index is 3.30. The first-order chi connectivity index (χ1) is 6.70. The van der Waals surface area contributed by atoms with Gasteiger partial charge in [-0.3, -0.25) is 4.79 Å². The highest BCUT2D eigenvalue weighted by Gasteiger charge is 2.03. The highest BCUT2D eigenvalue weighted by Crippen LogP contribution is 1.96. The topological polar surface area (TPSA) is 70.0 Å². The monoisotopic (exact) mass is 317 g/mol. The maximum absolute atomic E-state index is 11.0. The van der Waals surface area contributed by atoms with Crippen molar-refractivity contribution >= 4 is 28.6 Å². The smallest absolute Gasteiger partial charge is 0.305 e. The number of hydroxylamine groups is 2. The Bertz CT molecular complexity index is 156. The molecule has 0 fully saturated rings. The summed E-state index contributed by atoms with van der Waals surface area (Å²) in [6, 6.07) is 0. The summed E-state index contributed by atoms with van der Waals surface area (Å²) < 4.78 is 5.77. The predicted octanol–water partition coefficient (Wildman–Crippen LogP) is 0.428. The van der Waals surface area contributed by atoms with Crippen LogP contribution in [-0.4, -0.2) is 52.1 Å². The number of carbonyl (C=O) groups excluding carboxylic acids is 1. The van der Waals surface area contributed by atoms with Gasteiger partial charge in [0.15, 0.2) is 0 Å². The van der Waals surface area contributed by atoms with E-state index in [-0.39, 0.29) is 32.3 Å². The summed E-state index contributed by atoms with van der Waals surface area (Å²) in [6.07, 6.45) is 1.24. The van der Waals surface area contributed by atoms with Crippen LogP contribution in [0.15, 0.2) is 0 Å². The van der Waals surface area contributed by atoms with Crippen molar-refractivity contribution in [2.45, 2.75) is 12.8 Å². The first-order valence-electron chi connectivity index (χ1n) is 4.47. The Kier molecular flexibility index (Phi) is 9.68. The maximum atomic E-state index is 11.0. The zero-order chi connectivity index (χ0) is 10.8. The molecule has 0 aromatic carbocycles. The molecular weight excluding hydrogens is 301 g/mol. The van der Waals surface area contributed by atoms with E-state index in [0.717, 1.165) is 15.9 Å². The first kappa shape index (κ1) is 14.1. The number of ether oxygens (including phenoxy) is 1. The lowest BCUT2D eigenvalue weighted by atomic mass is 10.3. The summed E-state index contributed by atoms with van der Waals surface area (Å²) in [5, 5.41) is 18.4. The number of aliphatic hydroxyl groups excluding tert-OH is 1. The van der Waals surface area contributed by atoms with Gasteiger partial charge in [0, 0.05) is 17.4 Å². The van der Waals surface area contributed by atoms with Crippen molar-refractivity contribution < 1.29 is 19.8 Å². The van der Waals surface area contributed by atoms with E-state index in [1.807, 2.05) is 0 Å². The number of esters is 1. The van der Waals surface area contributed by atoms with Crippen molar-refractivity contribution in [3.05, 3.63) is 0 Å². The predicted molar refractivity (Wildman–Crippen MR) is 59.5 cm³/mol. The summed E-state index contributed by atoms with van der Waals surface area (Å²) in [6.45, 7) is 0.456. The van der Waals surface area contributed by atoms with Crippen LogP contribution in [0.5, 0.6) is 0 Å². The summed E-state index contributed by atoms with van der Waals surface area (Å²) >= 11 is 2.20. The van der Waals surface area contributed by atoms with Crippen LogP contribution < -0.4 is 0 Å². The van der Waals surface area contributed by atoms with Crippen LogP contribution in [0.25, 0.3) is 0 Å². The van der Waals surface area contributed by atoms with Gasteiger partial charge >= 0.3 is 5.97 Å². The molecule has 5 nitrogen and oxygen atoms in total. The lowest BCUT2D eigenvalue weighted by Gasteiger charge is -2.12. The molecule has 0 aliphatic rings. The largest absolute Gasteiger partial charge is 0.464 e. The average molecular weight is 317 g/mol. The van der Waals surface area contributed by atoms with Crippen LogP contribution in [0.4, 0.5) is 0 Å². The molecule has 84 valence electrons. The van der Waals surface area contributed by atoms with Crippen molar-refractivity contribution in [3.8, 4) is 0 Å². The van der Waals surface area contributed by atoms with Crippen molar-refractivity contribution in [1.82, 2.24) is 5.06 Å². The zero-order valence-corrected chi connectivity index (χ0v) is 10.1. The summed E-state index contributed by atoms with van der Waals surface area (Å²) in [4.78, 5) is 11.0. The molecule has 0 unspecified atom stereocenters. The van der Waals surface area contributed by atoms with E-state index in [1.165, 1.54) is 0 Å². The number of carbonyl (C=O) groups is 1. The SMILES string of the molecule is O=C(CCCI)OCCN(O)CCO. The molecule has 0 aromatic rings. The molecule has 0 atom stereocenters. The number of hydrogen-bond acceptors (Lipinski definition) is 5. The molecule has 14 heavy (non-hydrogen) atoms. The first-order valence-corrected chi connectivity index (χ1v) is 5.99. The van der Waals surface area contributed by atoms with Gasteiger partial charge in [0.2, 0.25) is 0 Å². The molecule has 0 heterocycles. The minimum absolute atomic E-state index is 0.112. The molecule has 0 saturated heterocycles. The molecule has 0 aliphatic carbocycles. The molecule has 0 aromatic heterocycles. The number of nitrogens with zero attached hydrogens (tertiary/aromatic N) is 1. The third kappa shape index (κ3) is 8.67. The van der Waals surface area contributed by atoms with Gasteiger partial charge < -0.3 is 15.1 Å². The minimum Gasteiger partial charge on any atom is -0.464 e. The van der Waals surface area contributed by atoms with Gasteiger partial charge in [0.25, 0.3) is 0 Å². The third-order valence-corrected chi connectivity index (χ3v) is 2.25. The Morgan fingerprint density at radius 2 is 2.14 bits per heavy atom. The lowest BCUT2D eigenvalue weighted by molar-refractivity contribution is -0.149. The second-order valence-corrected chi connectivity index (χ2v) is 3.77. The van der Waals surface area contributed by atoms with Gasteiger partial charge in [0.05, 0.1) is 13.2 Å². The van der Waals surface area contributed by atoms with Crippen molar-refractivity contribution in [1.29, 1.82) is 0 Å². The van der Waals surface area contributed by atoms with Gasteiger partial charge in [0.1, 0.15) is 6.61 Å². The van der Waals surface area contributed by atoms with E-state index in [1.54, 1.807) is 0 Å². The van der Waals surface area contributed by atoms with E-state index in [2.05, 4.69) is 22.6 Å². The van der Waals surface area contributed by atoms with E-state index in [9.17, 15) is 4.79 Å². The summed E-state index contributed by atoms with van der Waals surface area (Å²) in [7, 11) is 0. The van der Waals surface area contributed by atoms with Crippen LogP contribution in [0.1, 0.15) is 12.8 Å². The molecule has 0 rings (SSSR count). The Morgan fingerprint density at radius 1 is 1.43 bits per heavy atom. The Morgan fingerprint density at radius 3 is 2.71 bits per heavy atom. The molecule has 0 spiro atoms. The number of aliphatic hydroxyl groups is 1. The zero-order valence-electron chi connectivity index (χ0n) is 7.99. The quantitative estimate of drug-likeness (QED) is 0.294.